The van der Waals surface area contributed by atoms with Crippen LogP contribution in [0.1, 0.15) is 35.7 Å². The van der Waals surface area contributed by atoms with Crippen LogP contribution < -0.4 is 5.14 Å². The van der Waals surface area contributed by atoms with Crippen LogP contribution >= 0.6 is 11.6 Å². The van der Waals surface area contributed by atoms with Crippen molar-refractivity contribution in [2.45, 2.75) is 31.6 Å². The number of unbranched alkanes of at least 4 members (excludes halogenated alkanes) is 1. The number of benzene rings is 1. The van der Waals surface area contributed by atoms with Crippen LogP contribution in [-0.2, 0) is 10.0 Å². The summed E-state index contributed by atoms with van der Waals surface area (Å²) in [5.41, 5.74) is 0.588. The highest BCUT2D eigenvalue weighted by Gasteiger charge is 2.21. The largest absolute Gasteiger partial charge is 0.342 e. The Bertz CT molecular complexity index is 614. The van der Waals surface area contributed by atoms with Crippen LogP contribution in [0.4, 0.5) is 0 Å². The van der Waals surface area contributed by atoms with Crippen LogP contribution in [0.5, 0.6) is 0 Å². The number of nitrogens with zero attached hydrogens (tertiary/aromatic N) is 1. The average molecular weight is 319 g/mol. The summed E-state index contributed by atoms with van der Waals surface area (Å²) < 4.78 is 23.0. The Morgan fingerprint density at radius 1 is 1.40 bits per heavy atom. The van der Waals surface area contributed by atoms with Gasteiger partial charge in [0.2, 0.25) is 10.0 Å². The fourth-order valence-corrected chi connectivity index (χ4v) is 2.99. The molecule has 5 nitrogen and oxygen atoms in total. The maximum Gasteiger partial charge on any atom is 0.253 e. The predicted octanol–water partition coefficient (Wildman–Crippen LogP) is 2.17. The van der Waals surface area contributed by atoms with E-state index in [9.17, 15) is 13.2 Å². The lowest BCUT2D eigenvalue weighted by Gasteiger charge is -2.19. The van der Waals surface area contributed by atoms with Gasteiger partial charge in [0, 0.05) is 24.2 Å². The number of sulfonamides is 1. The summed E-state index contributed by atoms with van der Waals surface area (Å²) in [6, 6.07) is 2.73. The summed E-state index contributed by atoms with van der Waals surface area (Å²) in [6.45, 7) is 4.19. The fourth-order valence-electron chi connectivity index (χ4n) is 1.87. The van der Waals surface area contributed by atoms with Crippen LogP contribution in [-0.4, -0.2) is 32.8 Å². The maximum atomic E-state index is 12.3. The first-order valence-corrected chi connectivity index (χ1v) is 8.19. The van der Waals surface area contributed by atoms with E-state index in [2.05, 4.69) is 0 Å². The molecule has 2 N–H and O–H groups in total. The van der Waals surface area contributed by atoms with E-state index in [1.807, 2.05) is 6.92 Å². The van der Waals surface area contributed by atoms with Crippen molar-refractivity contribution in [2.24, 2.45) is 5.14 Å². The molecule has 1 rings (SSSR count). The van der Waals surface area contributed by atoms with Gasteiger partial charge in [0.1, 0.15) is 0 Å². The third-order valence-electron chi connectivity index (χ3n) is 3.06. The molecule has 0 bridgehead atoms. The second-order valence-corrected chi connectivity index (χ2v) is 6.67. The molecule has 0 aliphatic heterocycles. The summed E-state index contributed by atoms with van der Waals surface area (Å²) in [4.78, 5) is 13.8. The molecule has 0 unspecified atom stereocenters. The minimum Gasteiger partial charge on any atom is -0.342 e. The molecule has 0 aliphatic rings. The summed E-state index contributed by atoms with van der Waals surface area (Å²) in [5, 5.41) is 5.31. The van der Waals surface area contributed by atoms with Crippen LogP contribution in [0.3, 0.4) is 0 Å². The smallest absolute Gasteiger partial charge is 0.253 e. The van der Waals surface area contributed by atoms with Gasteiger partial charge in [-0.3, -0.25) is 4.79 Å². The first kappa shape index (κ1) is 16.9. The third kappa shape index (κ3) is 3.94. The first-order chi connectivity index (χ1) is 9.18. The zero-order chi connectivity index (χ0) is 15.5. The Kier molecular flexibility index (Phi) is 5.56. The maximum absolute atomic E-state index is 12.3. The van der Waals surface area contributed by atoms with Gasteiger partial charge in [0.05, 0.1) is 4.90 Å². The predicted molar refractivity (Wildman–Crippen MR) is 79.4 cm³/mol. The van der Waals surface area contributed by atoms with Crippen LogP contribution in [0.2, 0.25) is 5.02 Å². The Labute approximate surface area is 124 Å². The lowest BCUT2D eigenvalue weighted by Crippen LogP contribution is -2.29. The van der Waals surface area contributed by atoms with Crippen molar-refractivity contribution >= 4 is 27.5 Å². The van der Waals surface area contributed by atoms with Crippen molar-refractivity contribution in [1.29, 1.82) is 0 Å². The Morgan fingerprint density at radius 2 is 2.00 bits per heavy atom. The molecule has 0 heterocycles. The normalized spacial score (nSPS) is 11.4. The zero-order valence-corrected chi connectivity index (χ0v) is 13.4. The van der Waals surface area contributed by atoms with Crippen LogP contribution in [0, 0.1) is 6.92 Å². The summed E-state index contributed by atoms with van der Waals surface area (Å²) in [6.07, 6.45) is 1.85. The molecule has 1 aromatic rings. The second-order valence-electron chi connectivity index (χ2n) is 4.70. The topological polar surface area (TPSA) is 80.5 Å². The number of amides is 1. The molecule has 0 fully saturated rings. The molecule has 112 valence electrons. The van der Waals surface area contributed by atoms with Crippen LogP contribution in [0.15, 0.2) is 17.0 Å². The number of carbonyl (C=O) groups is 1. The molecule has 0 spiro atoms. The van der Waals surface area contributed by atoms with E-state index in [1.54, 1.807) is 18.9 Å². The number of hydrogen-bond donors (Lipinski definition) is 1. The molecule has 0 aliphatic carbocycles. The molecule has 7 heteroatoms. The van der Waals surface area contributed by atoms with Gasteiger partial charge >= 0.3 is 0 Å². The van der Waals surface area contributed by atoms with Gasteiger partial charge < -0.3 is 4.90 Å². The van der Waals surface area contributed by atoms with Crippen molar-refractivity contribution < 1.29 is 13.2 Å². The molecule has 0 saturated heterocycles. The van der Waals surface area contributed by atoms with E-state index < -0.39 is 10.0 Å². The molecule has 1 amide bonds. The Balaban J connectivity index is 3.26. The minimum absolute atomic E-state index is 0.114. The number of primary sulfonamides is 1. The van der Waals surface area contributed by atoms with Crippen molar-refractivity contribution in [2.75, 3.05) is 13.6 Å². The van der Waals surface area contributed by atoms with Crippen molar-refractivity contribution in [3.63, 3.8) is 0 Å². The number of hydrogen-bond acceptors (Lipinski definition) is 3. The third-order valence-corrected chi connectivity index (χ3v) is 4.31. The van der Waals surface area contributed by atoms with Gasteiger partial charge in [-0.2, -0.15) is 0 Å². The summed E-state index contributed by atoms with van der Waals surface area (Å²) in [7, 11) is -2.23. The standard InChI is InChI=1S/C13H19ClN2O3S/c1-4-5-6-16(3)13(17)11-7-10(14)8-12(9(11)2)20(15,18)19/h7-8H,4-6H2,1-3H3,(H2,15,18,19). The van der Waals surface area contributed by atoms with Crippen molar-refractivity contribution in [3.8, 4) is 0 Å². The highest BCUT2D eigenvalue weighted by Crippen LogP contribution is 2.24. The summed E-state index contributed by atoms with van der Waals surface area (Å²) in [5.74, 6) is -0.261. The number of nitrogens with two attached hydrogens (primary N) is 1. The number of rotatable bonds is 5. The van der Waals surface area contributed by atoms with E-state index in [-0.39, 0.29) is 21.4 Å². The van der Waals surface area contributed by atoms with E-state index in [1.165, 1.54) is 12.1 Å². The molecule has 0 atom stereocenters. The highest BCUT2D eigenvalue weighted by atomic mass is 35.5. The van der Waals surface area contributed by atoms with Crippen LogP contribution in [0.25, 0.3) is 0 Å². The monoisotopic (exact) mass is 318 g/mol. The van der Waals surface area contributed by atoms with Gasteiger partial charge in [0.15, 0.2) is 0 Å². The Morgan fingerprint density at radius 3 is 2.50 bits per heavy atom. The Hall–Kier alpha value is -1.11. The average Bonchev–Trinajstić information content (AvgIpc) is 2.36. The molecular formula is C13H19ClN2O3S. The number of carbonyl (C=O) groups excluding carboxylic acids is 1. The quantitative estimate of drug-likeness (QED) is 0.903. The molecule has 0 aromatic heterocycles. The minimum atomic E-state index is -3.91. The first-order valence-electron chi connectivity index (χ1n) is 6.27. The SMILES string of the molecule is CCCCN(C)C(=O)c1cc(Cl)cc(S(N)(=O)=O)c1C. The van der Waals surface area contributed by atoms with E-state index >= 15 is 0 Å². The molecular weight excluding hydrogens is 300 g/mol. The van der Waals surface area contributed by atoms with Gasteiger partial charge in [0.25, 0.3) is 5.91 Å². The van der Waals surface area contributed by atoms with E-state index in [0.29, 0.717) is 12.1 Å². The lowest BCUT2D eigenvalue weighted by atomic mass is 10.1. The van der Waals surface area contributed by atoms with Gasteiger partial charge in [-0.25, -0.2) is 13.6 Å². The van der Waals surface area contributed by atoms with Crippen molar-refractivity contribution in [1.82, 2.24) is 4.90 Å². The zero-order valence-electron chi connectivity index (χ0n) is 11.8. The molecule has 1 aromatic carbocycles. The van der Waals surface area contributed by atoms with Gasteiger partial charge in [-0.05, 0) is 31.0 Å². The van der Waals surface area contributed by atoms with Crippen molar-refractivity contribution in [3.05, 3.63) is 28.3 Å². The van der Waals surface area contributed by atoms with Gasteiger partial charge in [-0.1, -0.05) is 24.9 Å². The molecule has 0 saturated carbocycles. The highest BCUT2D eigenvalue weighted by molar-refractivity contribution is 7.89. The van der Waals surface area contributed by atoms with Gasteiger partial charge in [-0.15, -0.1) is 0 Å². The second kappa shape index (κ2) is 6.56. The fraction of sp³-hybridized carbons (Fsp3) is 0.462. The lowest BCUT2D eigenvalue weighted by molar-refractivity contribution is 0.0792. The van der Waals surface area contributed by atoms with E-state index in [4.69, 9.17) is 16.7 Å². The summed E-state index contributed by atoms with van der Waals surface area (Å²) >= 11 is 5.89. The molecule has 20 heavy (non-hydrogen) atoms. The number of halogens is 1. The van der Waals surface area contributed by atoms with E-state index in [0.717, 1.165) is 12.8 Å². The molecule has 0 radical (unpaired) electrons.